The normalized spacial score (nSPS) is 21.8. The highest BCUT2D eigenvalue weighted by Gasteiger charge is 2.38. The topological polar surface area (TPSA) is 67.6 Å². The summed E-state index contributed by atoms with van der Waals surface area (Å²) in [5, 5.41) is 3.08. The Bertz CT molecular complexity index is 294. The van der Waals surface area contributed by atoms with Crippen LogP contribution in [-0.4, -0.2) is 55.7 Å². The van der Waals surface area contributed by atoms with Crippen molar-refractivity contribution in [3.05, 3.63) is 0 Å². The molecule has 2 saturated heterocycles. The van der Waals surface area contributed by atoms with Crippen LogP contribution in [0.1, 0.15) is 38.5 Å². The summed E-state index contributed by atoms with van der Waals surface area (Å²) in [7, 11) is 0. The van der Waals surface area contributed by atoms with Crippen molar-refractivity contribution in [3.8, 4) is 0 Å². The summed E-state index contributed by atoms with van der Waals surface area (Å²) < 4.78 is 5.51. The number of nitrogens with zero attached hydrogens (tertiary/aromatic N) is 1. The van der Waals surface area contributed by atoms with Gasteiger partial charge in [-0.05, 0) is 38.8 Å². The van der Waals surface area contributed by atoms with Crippen LogP contribution in [0.3, 0.4) is 0 Å². The zero-order valence-corrected chi connectivity index (χ0v) is 14.3. The van der Waals surface area contributed by atoms with Crippen LogP contribution < -0.4 is 11.1 Å². The number of nitrogens with one attached hydrogen (secondary N) is 1. The number of rotatable bonds is 5. The van der Waals surface area contributed by atoms with E-state index in [1.807, 2.05) is 0 Å². The second-order valence-corrected chi connectivity index (χ2v) is 5.70. The zero-order chi connectivity index (χ0) is 13.6. The molecule has 0 spiro atoms. The van der Waals surface area contributed by atoms with Crippen LogP contribution in [-0.2, 0) is 9.53 Å². The maximum atomic E-state index is 11.7. The molecule has 126 valence electrons. The number of halogens is 2. The van der Waals surface area contributed by atoms with Crippen molar-refractivity contribution in [2.24, 2.45) is 5.73 Å². The number of amides is 1. The maximum Gasteiger partial charge on any atom is 0.221 e. The van der Waals surface area contributed by atoms with E-state index >= 15 is 0 Å². The summed E-state index contributed by atoms with van der Waals surface area (Å²) in [5.74, 6) is 0.0744. The first-order valence-corrected chi connectivity index (χ1v) is 7.56. The molecule has 7 heteroatoms. The summed E-state index contributed by atoms with van der Waals surface area (Å²) in [6.45, 7) is 5.10. The van der Waals surface area contributed by atoms with Gasteiger partial charge in [0.05, 0.1) is 0 Å². The van der Waals surface area contributed by atoms with Crippen molar-refractivity contribution in [2.75, 3.05) is 39.4 Å². The standard InChI is InChI=1S/C14H27N3O2.2ClH/c15-7-4-13(18)16-12-14(5-10-19-11-6-14)17-8-2-1-3-9-17;;/h1-12,15H2,(H,16,18);2*1H. The number of carbonyl (C=O) groups is 1. The summed E-state index contributed by atoms with van der Waals surface area (Å²) in [4.78, 5) is 14.3. The van der Waals surface area contributed by atoms with Crippen molar-refractivity contribution >= 4 is 30.7 Å². The van der Waals surface area contributed by atoms with Crippen molar-refractivity contribution in [1.82, 2.24) is 10.2 Å². The van der Waals surface area contributed by atoms with Crippen LogP contribution in [0, 0.1) is 0 Å². The molecule has 0 radical (unpaired) electrons. The maximum absolute atomic E-state index is 11.7. The molecule has 2 rings (SSSR count). The highest BCUT2D eigenvalue weighted by atomic mass is 35.5. The molecule has 1 amide bonds. The van der Waals surface area contributed by atoms with Gasteiger partial charge in [0.15, 0.2) is 0 Å². The molecule has 0 aromatic rings. The van der Waals surface area contributed by atoms with Crippen LogP contribution in [0.15, 0.2) is 0 Å². The lowest BCUT2D eigenvalue weighted by Crippen LogP contribution is -2.59. The first-order chi connectivity index (χ1) is 9.27. The number of nitrogens with two attached hydrogens (primary N) is 1. The second-order valence-electron chi connectivity index (χ2n) is 5.70. The van der Waals surface area contributed by atoms with Gasteiger partial charge >= 0.3 is 0 Å². The van der Waals surface area contributed by atoms with Gasteiger partial charge in [0.1, 0.15) is 0 Å². The Balaban J connectivity index is 0.00000200. The summed E-state index contributed by atoms with van der Waals surface area (Å²) >= 11 is 0. The molecule has 2 heterocycles. The molecule has 0 aliphatic carbocycles. The van der Waals surface area contributed by atoms with Gasteiger partial charge in [-0.25, -0.2) is 0 Å². The van der Waals surface area contributed by atoms with E-state index in [1.54, 1.807) is 0 Å². The van der Waals surface area contributed by atoms with Crippen molar-refractivity contribution in [1.29, 1.82) is 0 Å². The van der Waals surface area contributed by atoms with Crippen LogP contribution >= 0.6 is 24.8 Å². The Kier molecular flexibility index (Phi) is 10.6. The first kappa shape index (κ1) is 20.9. The van der Waals surface area contributed by atoms with Crippen LogP contribution in [0.2, 0.25) is 0 Å². The molecule has 2 aliphatic heterocycles. The summed E-state index contributed by atoms with van der Waals surface area (Å²) in [5.41, 5.74) is 5.54. The predicted octanol–water partition coefficient (Wildman–Crippen LogP) is 1.33. The fourth-order valence-corrected chi connectivity index (χ4v) is 3.21. The average Bonchev–Trinajstić information content (AvgIpc) is 2.47. The lowest BCUT2D eigenvalue weighted by atomic mass is 9.86. The molecular weight excluding hydrogens is 313 g/mol. The van der Waals surface area contributed by atoms with E-state index in [2.05, 4.69) is 10.2 Å². The predicted molar refractivity (Wildman–Crippen MR) is 89.4 cm³/mol. The number of carbonyl (C=O) groups excluding carboxylic acids is 1. The Morgan fingerprint density at radius 2 is 1.76 bits per heavy atom. The number of ether oxygens (including phenoxy) is 1. The lowest BCUT2D eigenvalue weighted by Gasteiger charge is -2.48. The van der Waals surface area contributed by atoms with E-state index < -0.39 is 0 Å². The van der Waals surface area contributed by atoms with Crippen LogP contribution in [0.5, 0.6) is 0 Å². The van der Waals surface area contributed by atoms with Crippen molar-refractivity contribution in [2.45, 2.75) is 44.1 Å². The monoisotopic (exact) mass is 341 g/mol. The van der Waals surface area contributed by atoms with Crippen molar-refractivity contribution < 1.29 is 9.53 Å². The molecule has 0 bridgehead atoms. The van der Waals surface area contributed by atoms with Crippen LogP contribution in [0.25, 0.3) is 0 Å². The summed E-state index contributed by atoms with van der Waals surface area (Å²) in [6.07, 6.45) is 6.36. The third-order valence-electron chi connectivity index (χ3n) is 4.44. The smallest absolute Gasteiger partial charge is 0.221 e. The molecule has 5 nitrogen and oxygen atoms in total. The fraction of sp³-hybridized carbons (Fsp3) is 0.929. The molecule has 2 fully saturated rings. The molecule has 3 N–H and O–H groups in total. The minimum atomic E-state index is 0. The number of hydrogen-bond donors (Lipinski definition) is 2. The van der Waals surface area contributed by atoms with E-state index in [0.29, 0.717) is 13.0 Å². The molecule has 0 atom stereocenters. The van der Waals surface area contributed by atoms with Crippen molar-refractivity contribution in [3.63, 3.8) is 0 Å². The van der Waals surface area contributed by atoms with Gasteiger partial charge in [-0.15, -0.1) is 24.8 Å². The first-order valence-electron chi connectivity index (χ1n) is 7.56. The average molecular weight is 342 g/mol. The van der Waals surface area contributed by atoms with Gasteiger partial charge in [-0.2, -0.15) is 0 Å². The number of hydrogen-bond acceptors (Lipinski definition) is 4. The largest absolute Gasteiger partial charge is 0.381 e. The van der Waals surface area contributed by atoms with E-state index in [-0.39, 0.29) is 36.3 Å². The van der Waals surface area contributed by atoms with Gasteiger partial charge in [-0.3, -0.25) is 9.69 Å². The molecule has 0 unspecified atom stereocenters. The van der Waals surface area contributed by atoms with Gasteiger partial charge in [-0.1, -0.05) is 6.42 Å². The third-order valence-corrected chi connectivity index (χ3v) is 4.44. The number of piperidine rings is 1. The Labute approximate surface area is 140 Å². The quantitative estimate of drug-likeness (QED) is 0.791. The van der Waals surface area contributed by atoms with Gasteiger partial charge in [0.25, 0.3) is 0 Å². The fourth-order valence-electron chi connectivity index (χ4n) is 3.21. The molecule has 21 heavy (non-hydrogen) atoms. The minimum absolute atomic E-state index is 0. The van der Waals surface area contributed by atoms with E-state index in [1.165, 1.54) is 19.3 Å². The molecule has 0 saturated carbocycles. The van der Waals surface area contributed by atoms with Crippen LogP contribution in [0.4, 0.5) is 0 Å². The van der Waals surface area contributed by atoms with E-state index in [0.717, 1.165) is 45.7 Å². The SMILES string of the molecule is Cl.Cl.NCCC(=O)NCC1(N2CCCCC2)CCOCC1. The Morgan fingerprint density at radius 1 is 1.14 bits per heavy atom. The van der Waals surface area contributed by atoms with Gasteiger partial charge in [0, 0.05) is 38.3 Å². The van der Waals surface area contributed by atoms with E-state index in [4.69, 9.17) is 10.5 Å². The molecule has 0 aromatic carbocycles. The molecule has 0 aromatic heterocycles. The van der Waals surface area contributed by atoms with Gasteiger partial charge < -0.3 is 15.8 Å². The lowest BCUT2D eigenvalue weighted by molar-refractivity contribution is -0.122. The number of likely N-dealkylation sites (tertiary alicyclic amines) is 1. The van der Waals surface area contributed by atoms with E-state index in [9.17, 15) is 4.79 Å². The summed E-state index contributed by atoms with van der Waals surface area (Å²) in [6, 6.07) is 0. The third kappa shape index (κ3) is 5.91. The molecule has 2 aliphatic rings. The zero-order valence-electron chi connectivity index (χ0n) is 12.6. The Morgan fingerprint density at radius 3 is 2.33 bits per heavy atom. The Hall–Kier alpha value is -0.0700. The highest BCUT2D eigenvalue weighted by molar-refractivity contribution is 5.85. The van der Waals surface area contributed by atoms with Gasteiger partial charge in [0.2, 0.25) is 5.91 Å². The second kappa shape index (κ2) is 10.6. The minimum Gasteiger partial charge on any atom is -0.381 e. The highest BCUT2D eigenvalue weighted by Crippen LogP contribution is 2.30. The molecular formula is C14H29Cl2N3O2.